The Labute approximate surface area is 109 Å². The molecule has 19 heavy (non-hydrogen) atoms. The number of aromatic nitrogens is 3. The molecule has 1 aliphatic heterocycles. The number of hydrogen-bond acceptors (Lipinski definition) is 5. The van der Waals surface area contributed by atoms with Crippen molar-refractivity contribution in [3.8, 4) is 11.5 Å². The number of nitrogens with zero attached hydrogens (tertiary/aromatic N) is 3. The molecule has 0 saturated heterocycles. The summed E-state index contributed by atoms with van der Waals surface area (Å²) in [5.41, 5.74) is 6.79. The average molecular weight is 262 g/mol. The molecule has 1 aliphatic rings. The highest BCUT2D eigenvalue weighted by Crippen LogP contribution is 2.33. The van der Waals surface area contributed by atoms with E-state index in [-0.39, 0.29) is 18.5 Å². The van der Waals surface area contributed by atoms with Gasteiger partial charge in [-0.25, -0.2) is 9.48 Å². The number of nitrogens with two attached hydrogens (primary N) is 1. The molecule has 1 atom stereocenters. The minimum Gasteiger partial charge on any atom is -0.454 e. The second-order valence-electron chi connectivity index (χ2n) is 4.43. The lowest BCUT2D eigenvalue weighted by molar-refractivity contribution is 0.174. The zero-order chi connectivity index (χ0) is 13.4. The topological polar surface area (TPSA) is 84.3 Å². The van der Waals surface area contributed by atoms with Crippen molar-refractivity contribution in [1.29, 1.82) is 0 Å². The van der Waals surface area contributed by atoms with E-state index in [4.69, 9.17) is 15.2 Å². The van der Waals surface area contributed by atoms with Gasteiger partial charge in [-0.2, -0.15) is 5.10 Å². The van der Waals surface area contributed by atoms with E-state index in [2.05, 4.69) is 5.10 Å². The first-order chi connectivity index (χ1) is 9.15. The van der Waals surface area contributed by atoms with Crippen LogP contribution in [0.2, 0.25) is 0 Å². The van der Waals surface area contributed by atoms with Crippen LogP contribution in [0.4, 0.5) is 0 Å². The molecule has 0 radical (unpaired) electrons. The lowest BCUT2D eigenvalue weighted by Crippen LogP contribution is -2.28. The second kappa shape index (κ2) is 4.43. The van der Waals surface area contributed by atoms with Crippen molar-refractivity contribution in [3.63, 3.8) is 0 Å². The molecule has 1 aromatic heterocycles. The van der Waals surface area contributed by atoms with Crippen LogP contribution in [-0.4, -0.2) is 21.1 Å². The van der Waals surface area contributed by atoms with Crippen molar-refractivity contribution < 1.29 is 9.47 Å². The minimum atomic E-state index is -0.331. The predicted molar refractivity (Wildman–Crippen MR) is 67.0 cm³/mol. The van der Waals surface area contributed by atoms with E-state index in [1.807, 2.05) is 18.2 Å². The van der Waals surface area contributed by atoms with Crippen molar-refractivity contribution in [2.24, 2.45) is 12.8 Å². The molecule has 2 heterocycles. The number of aryl methyl sites for hydroxylation is 1. The van der Waals surface area contributed by atoms with Crippen LogP contribution in [0.1, 0.15) is 11.6 Å². The molecule has 2 aromatic rings. The van der Waals surface area contributed by atoms with Crippen LogP contribution in [0, 0.1) is 0 Å². The first-order valence-electron chi connectivity index (χ1n) is 5.89. The second-order valence-corrected chi connectivity index (χ2v) is 4.43. The van der Waals surface area contributed by atoms with Crippen molar-refractivity contribution in [2.45, 2.75) is 12.6 Å². The number of fused-ring (bicyclic) bond motifs is 1. The molecule has 3 rings (SSSR count). The monoisotopic (exact) mass is 262 g/mol. The normalized spacial score (nSPS) is 14.6. The average Bonchev–Trinajstić information content (AvgIpc) is 2.99. The first-order valence-corrected chi connectivity index (χ1v) is 5.89. The van der Waals surface area contributed by atoms with Gasteiger partial charge in [-0.15, -0.1) is 0 Å². The molecule has 100 valence electrons. The largest absolute Gasteiger partial charge is 0.454 e. The third-order valence-electron chi connectivity index (χ3n) is 3.08. The quantitative estimate of drug-likeness (QED) is 0.842. The standard InChI is InChI=1S/C12H14N4O3/c1-15-6-14-16(12(15)17)5-9(13)8-2-3-10-11(4-8)19-7-18-10/h2-4,6,9H,5,7,13H2,1H3. The third-order valence-corrected chi connectivity index (χ3v) is 3.08. The predicted octanol–water partition coefficient (Wildman–Crippen LogP) is 0.0105. The van der Waals surface area contributed by atoms with Gasteiger partial charge >= 0.3 is 5.69 Å². The fourth-order valence-electron chi connectivity index (χ4n) is 1.98. The van der Waals surface area contributed by atoms with E-state index in [1.165, 1.54) is 15.6 Å². The van der Waals surface area contributed by atoms with E-state index < -0.39 is 0 Å². The summed E-state index contributed by atoms with van der Waals surface area (Å²) in [7, 11) is 1.65. The molecule has 1 aromatic carbocycles. The summed E-state index contributed by atoms with van der Waals surface area (Å²) in [4.78, 5) is 11.7. The molecule has 0 aliphatic carbocycles. The molecule has 0 spiro atoms. The zero-order valence-electron chi connectivity index (χ0n) is 10.4. The molecule has 1 unspecified atom stereocenters. The molecular weight excluding hydrogens is 248 g/mol. The van der Waals surface area contributed by atoms with Gasteiger partial charge in [0.05, 0.1) is 6.54 Å². The Kier molecular flexibility index (Phi) is 2.75. The lowest BCUT2D eigenvalue weighted by Gasteiger charge is -2.11. The SMILES string of the molecule is Cn1cnn(CC(N)c2ccc3c(c2)OCO3)c1=O. The lowest BCUT2D eigenvalue weighted by atomic mass is 10.1. The van der Waals surface area contributed by atoms with Gasteiger partial charge in [0.15, 0.2) is 11.5 Å². The maximum absolute atomic E-state index is 11.7. The van der Waals surface area contributed by atoms with E-state index in [0.29, 0.717) is 18.0 Å². The Balaban J connectivity index is 1.82. The van der Waals surface area contributed by atoms with Gasteiger partial charge in [0.1, 0.15) is 6.33 Å². The summed E-state index contributed by atoms with van der Waals surface area (Å²) in [6, 6.07) is 5.19. The minimum absolute atomic E-state index is 0.184. The summed E-state index contributed by atoms with van der Waals surface area (Å²) >= 11 is 0. The summed E-state index contributed by atoms with van der Waals surface area (Å²) < 4.78 is 13.3. The Morgan fingerprint density at radius 3 is 2.95 bits per heavy atom. The van der Waals surface area contributed by atoms with E-state index in [0.717, 1.165) is 5.56 Å². The maximum atomic E-state index is 11.7. The summed E-state index contributed by atoms with van der Waals surface area (Å²) in [5.74, 6) is 1.40. The third kappa shape index (κ3) is 2.08. The van der Waals surface area contributed by atoms with Gasteiger partial charge in [0, 0.05) is 13.1 Å². The van der Waals surface area contributed by atoms with Crippen LogP contribution in [0.25, 0.3) is 0 Å². The van der Waals surface area contributed by atoms with Crippen molar-refractivity contribution >= 4 is 0 Å². The van der Waals surface area contributed by atoms with Crippen LogP contribution < -0.4 is 20.9 Å². The number of ether oxygens (including phenoxy) is 2. The molecule has 7 heteroatoms. The Bertz CT molecular complexity index is 661. The molecule has 2 N–H and O–H groups in total. The molecule has 0 amide bonds. The Hall–Kier alpha value is -2.28. The molecule has 0 saturated carbocycles. The molecule has 0 fully saturated rings. The molecule has 7 nitrogen and oxygen atoms in total. The number of benzene rings is 1. The van der Waals surface area contributed by atoms with Crippen LogP contribution in [0.3, 0.4) is 0 Å². The van der Waals surface area contributed by atoms with Gasteiger partial charge in [-0.3, -0.25) is 4.57 Å². The van der Waals surface area contributed by atoms with Gasteiger partial charge < -0.3 is 15.2 Å². The number of hydrogen-bond donors (Lipinski definition) is 1. The van der Waals surface area contributed by atoms with E-state index in [9.17, 15) is 4.79 Å². The van der Waals surface area contributed by atoms with Crippen molar-refractivity contribution in [2.75, 3.05) is 6.79 Å². The fraction of sp³-hybridized carbons (Fsp3) is 0.333. The smallest absolute Gasteiger partial charge is 0.345 e. The van der Waals surface area contributed by atoms with Crippen LogP contribution in [0.15, 0.2) is 29.3 Å². The summed E-state index contributed by atoms with van der Waals surface area (Å²) in [6.45, 7) is 0.549. The summed E-state index contributed by atoms with van der Waals surface area (Å²) in [6.07, 6.45) is 1.47. The van der Waals surface area contributed by atoms with Crippen LogP contribution >= 0.6 is 0 Å². The summed E-state index contributed by atoms with van der Waals surface area (Å²) in [5, 5.41) is 3.98. The first kappa shape index (κ1) is 11.8. The van der Waals surface area contributed by atoms with Gasteiger partial charge in [0.25, 0.3) is 0 Å². The molecular formula is C12H14N4O3. The highest BCUT2D eigenvalue weighted by molar-refractivity contribution is 5.45. The van der Waals surface area contributed by atoms with E-state index in [1.54, 1.807) is 7.05 Å². The van der Waals surface area contributed by atoms with Crippen LogP contribution in [0.5, 0.6) is 11.5 Å². The van der Waals surface area contributed by atoms with Gasteiger partial charge in [-0.1, -0.05) is 6.07 Å². The maximum Gasteiger partial charge on any atom is 0.345 e. The Morgan fingerprint density at radius 1 is 1.42 bits per heavy atom. The van der Waals surface area contributed by atoms with E-state index >= 15 is 0 Å². The Morgan fingerprint density at radius 2 is 2.21 bits per heavy atom. The van der Waals surface area contributed by atoms with Crippen molar-refractivity contribution in [1.82, 2.24) is 14.3 Å². The highest BCUT2D eigenvalue weighted by Gasteiger charge is 2.17. The highest BCUT2D eigenvalue weighted by atomic mass is 16.7. The van der Waals surface area contributed by atoms with Gasteiger partial charge in [-0.05, 0) is 17.7 Å². The molecule has 0 bridgehead atoms. The zero-order valence-corrected chi connectivity index (χ0v) is 10.4. The number of rotatable bonds is 3. The van der Waals surface area contributed by atoms with Gasteiger partial charge in [0.2, 0.25) is 6.79 Å². The fourth-order valence-corrected chi connectivity index (χ4v) is 1.98. The van der Waals surface area contributed by atoms with Crippen LogP contribution in [-0.2, 0) is 13.6 Å². The van der Waals surface area contributed by atoms with Crippen molar-refractivity contribution in [3.05, 3.63) is 40.6 Å².